The number of nitrogens with one attached hydrogen (secondary N) is 2. The van der Waals surface area contributed by atoms with Crippen LogP contribution < -0.4 is 5.32 Å². The number of rotatable bonds is 2. The van der Waals surface area contributed by atoms with Gasteiger partial charge in [-0.1, -0.05) is 0 Å². The molecule has 4 heteroatoms. The third kappa shape index (κ3) is 2.69. The van der Waals surface area contributed by atoms with E-state index >= 15 is 0 Å². The number of aromatic nitrogens is 1. The number of benzene rings is 1. The normalized spacial score (nSPS) is 12.7. The Hall–Kier alpha value is -1.84. The molecule has 0 radical (unpaired) electrons. The van der Waals surface area contributed by atoms with Crippen molar-refractivity contribution in [2.45, 2.75) is 45.6 Å². The van der Waals surface area contributed by atoms with Gasteiger partial charge >= 0.3 is 0 Å². The van der Waals surface area contributed by atoms with Gasteiger partial charge in [0, 0.05) is 22.6 Å². The minimum absolute atomic E-state index is 0.0739. The fourth-order valence-electron chi connectivity index (χ4n) is 2.23. The van der Waals surface area contributed by atoms with Crippen LogP contribution in [0, 0.1) is 5.82 Å². The molecule has 0 atom stereocenters. The molecule has 0 aliphatic rings. The summed E-state index contributed by atoms with van der Waals surface area (Å²) in [7, 11) is 0. The maximum absolute atomic E-state index is 13.4. The third-order valence-electron chi connectivity index (χ3n) is 3.37. The highest BCUT2D eigenvalue weighted by Gasteiger charge is 2.34. The smallest absolute Gasteiger partial charge is 0.230 e. The zero-order chi connectivity index (χ0) is 15.1. The Morgan fingerprint density at radius 1 is 1.20 bits per heavy atom. The quantitative estimate of drug-likeness (QED) is 0.866. The molecule has 108 valence electrons. The van der Waals surface area contributed by atoms with Gasteiger partial charge in [-0.15, -0.1) is 0 Å². The second kappa shape index (κ2) is 4.62. The molecule has 20 heavy (non-hydrogen) atoms. The highest BCUT2D eigenvalue weighted by molar-refractivity contribution is 5.94. The van der Waals surface area contributed by atoms with Crippen molar-refractivity contribution in [3.05, 3.63) is 35.8 Å². The van der Waals surface area contributed by atoms with Crippen LogP contribution in [0.3, 0.4) is 0 Å². The molecule has 1 heterocycles. The van der Waals surface area contributed by atoms with Crippen LogP contribution in [0.1, 0.15) is 40.2 Å². The van der Waals surface area contributed by atoms with Crippen molar-refractivity contribution in [1.82, 2.24) is 10.3 Å². The number of hydrogen-bond acceptors (Lipinski definition) is 1. The van der Waals surface area contributed by atoms with Crippen molar-refractivity contribution in [3.8, 4) is 0 Å². The fraction of sp³-hybridized carbons (Fsp3) is 0.438. The number of carbonyl (C=O) groups is 1. The topological polar surface area (TPSA) is 44.9 Å². The van der Waals surface area contributed by atoms with Crippen LogP contribution >= 0.6 is 0 Å². The Bertz CT molecular complexity index is 650. The van der Waals surface area contributed by atoms with Gasteiger partial charge in [0.25, 0.3) is 0 Å². The lowest BCUT2D eigenvalue weighted by molar-refractivity contribution is -0.127. The van der Waals surface area contributed by atoms with Crippen LogP contribution in [-0.4, -0.2) is 16.4 Å². The summed E-state index contributed by atoms with van der Waals surface area (Å²) in [5.74, 6) is -0.374. The lowest BCUT2D eigenvalue weighted by Gasteiger charge is -2.29. The first-order valence-electron chi connectivity index (χ1n) is 6.71. The van der Waals surface area contributed by atoms with Gasteiger partial charge in [0.1, 0.15) is 5.82 Å². The van der Waals surface area contributed by atoms with Crippen molar-refractivity contribution in [3.63, 3.8) is 0 Å². The van der Waals surface area contributed by atoms with Gasteiger partial charge in [-0.2, -0.15) is 0 Å². The van der Waals surface area contributed by atoms with Crippen molar-refractivity contribution < 1.29 is 9.18 Å². The molecule has 0 aliphatic carbocycles. The molecule has 0 fully saturated rings. The first kappa shape index (κ1) is 14.6. The van der Waals surface area contributed by atoms with E-state index in [4.69, 9.17) is 0 Å². The number of aromatic amines is 1. The first-order valence-corrected chi connectivity index (χ1v) is 6.71. The molecule has 0 saturated heterocycles. The van der Waals surface area contributed by atoms with Crippen molar-refractivity contribution in [1.29, 1.82) is 0 Å². The second-order valence-corrected chi connectivity index (χ2v) is 6.72. The maximum atomic E-state index is 13.4. The van der Waals surface area contributed by atoms with Crippen LogP contribution in [-0.2, 0) is 10.2 Å². The van der Waals surface area contributed by atoms with Gasteiger partial charge in [0.15, 0.2) is 0 Å². The van der Waals surface area contributed by atoms with Gasteiger partial charge in [-0.05, 0) is 58.4 Å². The summed E-state index contributed by atoms with van der Waals surface area (Å²) >= 11 is 0. The lowest BCUT2D eigenvalue weighted by Crippen LogP contribution is -2.48. The Balaban J connectivity index is 2.46. The standard InChI is InChI=1S/C16H21FN2O/c1-15(2,3)19-14(20)16(4,5)12-9-18-13-7-6-10(17)8-11(12)13/h6-9,18H,1-5H3,(H,19,20). The van der Waals surface area contributed by atoms with E-state index in [-0.39, 0.29) is 17.3 Å². The maximum Gasteiger partial charge on any atom is 0.230 e. The summed E-state index contributed by atoms with van der Waals surface area (Å²) in [6.45, 7) is 9.52. The Morgan fingerprint density at radius 3 is 2.45 bits per heavy atom. The van der Waals surface area contributed by atoms with Gasteiger partial charge in [-0.25, -0.2) is 4.39 Å². The average Bonchev–Trinajstić information content (AvgIpc) is 2.69. The molecular formula is C16H21FN2O. The molecule has 2 N–H and O–H groups in total. The van der Waals surface area contributed by atoms with Crippen LogP contribution in [0.25, 0.3) is 10.9 Å². The summed E-state index contributed by atoms with van der Waals surface area (Å²) in [5, 5.41) is 3.73. The number of carbonyl (C=O) groups excluding carboxylic acids is 1. The molecule has 0 unspecified atom stereocenters. The van der Waals surface area contributed by atoms with Crippen molar-refractivity contribution >= 4 is 16.8 Å². The largest absolute Gasteiger partial charge is 0.361 e. The minimum atomic E-state index is -0.737. The zero-order valence-electron chi connectivity index (χ0n) is 12.6. The van der Waals surface area contributed by atoms with E-state index in [1.54, 1.807) is 12.3 Å². The van der Waals surface area contributed by atoms with E-state index in [0.717, 1.165) is 16.5 Å². The van der Waals surface area contributed by atoms with Crippen LogP contribution in [0.2, 0.25) is 0 Å². The summed E-state index contributed by atoms with van der Waals surface area (Å²) in [4.78, 5) is 15.6. The van der Waals surface area contributed by atoms with Crippen LogP contribution in [0.15, 0.2) is 24.4 Å². The molecule has 0 aliphatic heterocycles. The highest BCUT2D eigenvalue weighted by Crippen LogP contribution is 2.31. The zero-order valence-corrected chi connectivity index (χ0v) is 12.6. The second-order valence-electron chi connectivity index (χ2n) is 6.72. The SMILES string of the molecule is CC(C)(C)NC(=O)C(C)(C)c1c[nH]c2ccc(F)cc12. The molecule has 0 bridgehead atoms. The van der Waals surface area contributed by atoms with E-state index in [9.17, 15) is 9.18 Å². The average molecular weight is 276 g/mol. The molecule has 0 saturated carbocycles. The molecule has 0 spiro atoms. The van der Waals surface area contributed by atoms with E-state index in [0.29, 0.717) is 0 Å². The number of hydrogen-bond donors (Lipinski definition) is 2. The monoisotopic (exact) mass is 276 g/mol. The van der Waals surface area contributed by atoms with Gasteiger partial charge in [0.05, 0.1) is 5.41 Å². The Kier molecular flexibility index (Phi) is 3.36. The number of halogens is 1. The van der Waals surface area contributed by atoms with Crippen molar-refractivity contribution in [2.75, 3.05) is 0 Å². The molecule has 1 aromatic carbocycles. The highest BCUT2D eigenvalue weighted by atomic mass is 19.1. The van der Waals surface area contributed by atoms with Crippen LogP contribution in [0.4, 0.5) is 4.39 Å². The number of H-pyrrole nitrogens is 1. The van der Waals surface area contributed by atoms with E-state index in [1.807, 2.05) is 34.6 Å². The number of fused-ring (bicyclic) bond motifs is 1. The molecular weight excluding hydrogens is 255 g/mol. The summed E-state index contributed by atoms with van der Waals surface area (Å²) in [5.41, 5.74) is 0.595. The van der Waals surface area contributed by atoms with Crippen LogP contribution in [0.5, 0.6) is 0 Å². The van der Waals surface area contributed by atoms with Crippen molar-refractivity contribution in [2.24, 2.45) is 0 Å². The first-order chi connectivity index (χ1) is 9.11. The Morgan fingerprint density at radius 2 is 1.85 bits per heavy atom. The Labute approximate surface area is 118 Å². The fourth-order valence-corrected chi connectivity index (χ4v) is 2.23. The number of amides is 1. The molecule has 3 nitrogen and oxygen atoms in total. The van der Waals surface area contributed by atoms with E-state index in [2.05, 4.69) is 10.3 Å². The van der Waals surface area contributed by atoms with Gasteiger partial charge in [0.2, 0.25) is 5.91 Å². The molecule has 1 amide bonds. The molecule has 1 aromatic heterocycles. The van der Waals surface area contributed by atoms with Gasteiger partial charge < -0.3 is 10.3 Å². The third-order valence-corrected chi connectivity index (χ3v) is 3.37. The summed E-state index contributed by atoms with van der Waals surface area (Å²) in [6, 6.07) is 4.56. The van der Waals surface area contributed by atoms with E-state index in [1.165, 1.54) is 12.1 Å². The predicted octanol–water partition coefficient (Wildman–Crippen LogP) is 3.50. The lowest BCUT2D eigenvalue weighted by atomic mass is 9.82. The molecule has 2 rings (SSSR count). The van der Waals surface area contributed by atoms with E-state index < -0.39 is 5.41 Å². The summed E-state index contributed by atoms with van der Waals surface area (Å²) in [6.07, 6.45) is 1.78. The summed E-state index contributed by atoms with van der Waals surface area (Å²) < 4.78 is 13.4. The predicted molar refractivity (Wildman–Crippen MR) is 79.2 cm³/mol. The minimum Gasteiger partial charge on any atom is -0.361 e. The van der Waals surface area contributed by atoms with Gasteiger partial charge in [-0.3, -0.25) is 4.79 Å². The molecule has 2 aromatic rings.